The van der Waals surface area contributed by atoms with E-state index in [2.05, 4.69) is 0 Å². The van der Waals surface area contributed by atoms with Crippen LogP contribution in [0.3, 0.4) is 0 Å². The molecule has 4 nitrogen and oxygen atoms in total. The summed E-state index contributed by atoms with van der Waals surface area (Å²) in [7, 11) is -3.51. The molecule has 5 heteroatoms. The average Bonchev–Trinajstić information content (AvgIpc) is 2.48. The van der Waals surface area contributed by atoms with Gasteiger partial charge in [0.25, 0.3) is 10.0 Å². The van der Waals surface area contributed by atoms with Gasteiger partial charge >= 0.3 is 0 Å². The van der Waals surface area contributed by atoms with Crippen molar-refractivity contribution in [3.63, 3.8) is 0 Å². The molecule has 0 saturated carbocycles. The fourth-order valence-electron chi connectivity index (χ4n) is 2.59. The van der Waals surface area contributed by atoms with Crippen molar-refractivity contribution < 1.29 is 8.42 Å². The van der Waals surface area contributed by atoms with Crippen molar-refractivity contribution in [1.29, 1.82) is 0 Å². The second-order valence-corrected chi connectivity index (χ2v) is 6.70. The lowest BCUT2D eigenvalue weighted by Crippen LogP contribution is -2.35. The van der Waals surface area contributed by atoms with Crippen molar-refractivity contribution in [2.75, 3.05) is 16.6 Å². The molecule has 1 aliphatic heterocycles. The second-order valence-electron chi connectivity index (χ2n) is 4.84. The lowest BCUT2D eigenvalue weighted by Gasteiger charge is -2.31. The van der Waals surface area contributed by atoms with Gasteiger partial charge in [0.1, 0.15) is 0 Å². The standard InChI is InChI=1S/C15H16N2O2S/c16-14-9-4-10-15-13(14)8-5-11-17(15)20(18,19)12-6-2-1-3-7-12/h1-4,6-7,9-10H,5,8,11,16H2. The highest BCUT2D eigenvalue weighted by molar-refractivity contribution is 7.92. The number of nitrogens with two attached hydrogens (primary N) is 1. The normalized spacial score (nSPS) is 14.9. The largest absolute Gasteiger partial charge is 0.398 e. The van der Waals surface area contributed by atoms with E-state index in [1.807, 2.05) is 12.1 Å². The summed E-state index contributed by atoms with van der Waals surface area (Å²) in [6.45, 7) is 0.494. The maximum atomic E-state index is 12.7. The van der Waals surface area contributed by atoms with Crippen molar-refractivity contribution in [1.82, 2.24) is 0 Å². The predicted molar refractivity (Wildman–Crippen MR) is 80.1 cm³/mol. The number of hydrogen-bond donors (Lipinski definition) is 1. The molecule has 0 aromatic heterocycles. The van der Waals surface area contributed by atoms with Gasteiger partial charge in [-0.2, -0.15) is 0 Å². The quantitative estimate of drug-likeness (QED) is 0.863. The van der Waals surface area contributed by atoms with E-state index in [1.54, 1.807) is 36.4 Å². The molecule has 0 atom stereocenters. The van der Waals surface area contributed by atoms with Gasteiger partial charge in [-0.25, -0.2) is 8.42 Å². The van der Waals surface area contributed by atoms with Gasteiger partial charge in [0, 0.05) is 12.2 Å². The second kappa shape index (κ2) is 4.83. The predicted octanol–water partition coefficient (Wildman–Crippen LogP) is 2.41. The van der Waals surface area contributed by atoms with Gasteiger partial charge in [0.05, 0.1) is 10.6 Å². The van der Waals surface area contributed by atoms with Crippen molar-refractivity contribution in [2.24, 2.45) is 0 Å². The first-order valence-corrected chi connectivity index (χ1v) is 8.00. The Kier molecular flexibility index (Phi) is 3.14. The maximum absolute atomic E-state index is 12.7. The van der Waals surface area contributed by atoms with Crippen molar-refractivity contribution >= 4 is 21.4 Å². The zero-order valence-corrected chi connectivity index (χ0v) is 11.8. The molecule has 0 fully saturated rings. The summed E-state index contributed by atoms with van der Waals surface area (Å²) < 4.78 is 27.0. The van der Waals surface area contributed by atoms with Crippen LogP contribution in [-0.4, -0.2) is 15.0 Å². The van der Waals surface area contributed by atoms with Crippen LogP contribution >= 0.6 is 0 Å². The molecule has 3 rings (SSSR count). The van der Waals surface area contributed by atoms with E-state index < -0.39 is 10.0 Å². The Balaban J connectivity index is 2.12. The molecule has 20 heavy (non-hydrogen) atoms. The van der Waals surface area contributed by atoms with Crippen LogP contribution in [0.15, 0.2) is 53.4 Å². The summed E-state index contributed by atoms with van der Waals surface area (Å²) in [5.74, 6) is 0. The number of anilines is 2. The molecule has 2 N–H and O–H groups in total. The van der Waals surface area contributed by atoms with Crippen LogP contribution in [0, 0.1) is 0 Å². The Labute approximate surface area is 118 Å². The summed E-state index contributed by atoms with van der Waals surface area (Å²) in [6, 6.07) is 14.0. The molecule has 1 aliphatic rings. The van der Waals surface area contributed by atoms with Crippen LogP contribution in [-0.2, 0) is 16.4 Å². The molecule has 0 bridgehead atoms. The van der Waals surface area contributed by atoms with Gasteiger partial charge in [0.2, 0.25) is 0 Å². The minimum absolute atomic E-state index is 0.315. The van der Waals surface area contributed by atoms with Gasteiger partial charge in [-0.05, 0) is 42.7 Å². The molecular formula is C15H16N2O2S. The van der Waals surface area contributed by atoms with Crippen LogP contribution in [0.5, 0.6) is 0 Å². The zero-order valence-electron chi connectivity index (χ0n) is 11.0. The molecule has 0 saturated heterocycles. The molecule has 0 aliphatic carbocycles. The van der Waals surface area contributed by atoms with Crippen molar-refractivity contribution in [2.45, 2.75) is 17.7 Å². The Morgan fingerprint density at radius 3 is 2.50 bits per heavy atom. The molecule has 0 spiro atoms. The van der Waals surface area contributed by atoms with E-state index in [0.29, 0.717) is 22.8 Å². The Morgan fingerprint density at radius 1 is 1.00 bits per heavy atom. The lowest BCUT2D eigenvalue weighted by atomic mass is 10.0. The fourth-order valence-corrected chi connectivity index (χ4v) is 4.14. The summed E-state index contributed by atoms with van der Waals surface area (Å²) in [4.78, 5) is 0.315. The van der Waals surface area contributed by atoms with Crippen LogP contribution < -0.4 is 10.0 Å². The molecule has 0 radical (unpaired) electrons. The minimum Gasteiger partial charge on any atom is -0.398 e. The van der Waals surface area contributed by atoms with Gasteiger partial charge in [-0.3, -0.25) is 4.31 Å². The van der Waals surface area contributed by atoms with E-state index >= 15 is 0 Å². The van der Waals surface area contributed by atoms with Gasteiger partial charge in [0.15, 0.2) is 0 Å². The summed E-state index contributed by atoms with van der Waals surface area (Å²) in [5.41, 5.74) is 8.26. The maximum Gasteiger partial charge on any atom is 0.264 e. The van der Waals surface area contributed by atoms with E-state index in [4.69, 9.17) is 5.73 Å². The first kappa shape index (κ1) is 13.0. The van der Waals surface area contributed by atoms with Crippen molar-refractivity contribution in [3.05, 3.63) is 54.1 Å². The highest BCUT2D eigenvalue weighted by atomic mass is 32.2. The monoisotopic (exact) mass is 288 g/mol. The first-order valence-electron chi connectivity index (χ1n) is 6.56. The Morgan fingerprint density at radius 2 is 1.75 bits per heavy atom. The molecule has 0 amide bonds. The third-order valence-electron chi connectivity index (χ3n) is 3.58. The number of sulfonamides is 1. The average molecular weight is 288 g/mol. The highest BCUT2D eigenvalue weighted by Crippen LogP contribution is 2.34. The van der Waals surface area contributed by atoms with Crippen LogP contribution in [0.4, 0.5) is 11.4 Å². The van der Waals surface area contributed by atoms with Crippen LogP contribution in [0.1, 0.15) is 12.0 Å². The first-order chi connectivity index (χ1) is 9.60. The molecular weight excluding hydrogens is 272 g/mol. The third-order valence-corrected chi connectivity index (χ3v) is 5.40. The third kappa shape index (κ3) is 2.04. The van der Waals surface area contributed by atoms with E-state index in [1.165, 1.54) is 4.31 Å². The van der Waals surface area contributed by atoms with E-state index in [9.17, 15) is 8.42 Å². The summed E-state index contributed by atoms with van der Waals surface area (Å²) >= 11 is 0. The van der Waals surface area contributed by atoms with Crippen LogP contribution in [0.2, 0.25) is 0 Å². The Bertz CT molecular complexity index is 727. The summed E-state index contributed by atoms with van der Waals surface area (Å²) in [5, 5.41) is 0. The topological polar surface area (TPSA) is 63.4 Å². The SMILES string of the molecule is Nc1cccc2c1CCCN2S(=O)(=O)c1ccccc1. The minimum atomic E-state index is -3.51. The number of hydrogen-bond acceptors (Lipinski definition) is 3. The van der Waals surface area contributed by atoms with Gasteiger partial charge in [-0.1, -0.05) is 24.3 Å². The van der Waals surface area contributed by atoms with Crippen molar-refractivity contribution in [3.8, 4) is 0 Å². The molecule has 1 heterocycles. The number of benzene rings is 2. The molecule has 0 unspecified atom stereocenters. The number of nitrogens with zero attached hydrogens (tertiary/aromatic N) is 1. The van der Waals surface area contributed by atoms with Gasteiger partial charge in [-0.15, -0.1) is 0 Å². The van der Waals surface area contributed by atoms with Crippen LogP contribution in [0.25, 0.3) is 0 Å². The number of nitrogen functional groups attached to an aromatic ring is 1. The highest BCUT2D eigenvalue weighted by Gasteiger charge is 2.29. The summed E-state index contributed by atoms with van der Waals surface area (Å²) in [6.07, 6.45) is 1.61. The number of rotatable bonds is 2. The number of fused-ring (bicyclic) bond motifs is 1. The fraction of sp³-hybridized carbons (Fsp3) is 0.200. The zero-order chi connectivity index (χ0) is 14.2. The molecule has 104 valence electrons. The van der Waals surface area contributed by atoms with E-state index in [-0.39, 0.29) is 0 Å². The molecule has 2 aromatic carbocycles. The lowest BCUT2D eigenvalue weighted by molar-refractivity contribution is 0.586. The molecule has 2 aromatic rings. The van der Waals surface area contributed by atoms with E-state index in [0.717, 1.165) is 18.4 Å². The van der Waals surface area contributed by atoms with Gasteiger partial charge < -0.3 is 5.73 Å². The smallest absolute Gasteiger partial charge is 0.264 e. The Hall–Kier alpha value is -2.01.